The molecule has 1 aliphatic rings. The minimum Gasteiger partial charge on any atom is -0.381 e. The first-order valence-corrected chi connectivity index (χ1v) is 8.24. The summed E-state index contributed by atoms with van der Waals surface area (Å²) in [5, 5.41) is 3.45. The third kappa shape index (κ3) is 7.14. The van der Waals surface area contributed by atoms with Gasteiger partial charge in [0.2, 0.25) is 0 Å². The van der Waals surface area contributed by atoms with E-state index < -0.39 is 0 Å². The summed E-state index contributed by atoms with van der Waals surface area (Å²) in [7, 11) is 6.14. The molecule has 1 rings (SSSR count). The molecule has 124 valence electrons. The Morgan fingerprint density at radius 2 is 1.90 bits per heavy atom. The number of nitrogens with zero attached hydrogens (tertiary/aromatic N) is 3. The summed E-state index contributed by atoms with van der Waals surface area (Å²) in [4.78, 5) is 8.96. The molecule has 0 unspecified atom stereocenters. The van der Waals surface area contributed by atoms with E-state index in [2.05, 4.69) is 48.1 Å². The van der Waals surface area contributed by atoms with Crippen molar-refractivity contribution in [2.24, 2.45) is 10.9 Å². The minimum atomic E-state index is 0.583. The summed E-state index contributed by atoms with van der Waals surface area (Å²) < 4.78 is 5.42. The van der Waals surface area contributed by atoms with Crippen LogP contribution in [0.25, 0.3) is 0 Å². The Morgan fingerprint density at radius 1 is 1.24 bits per heavy atom. The highest BCUT2D eigenvalue weighted by molar-refractivity contribution is 5.79. The third-order valence-electron chi connectivity index (χ3n) is 4.42. The molecule has 1 aliphatic heterocycles. The molecule has 1 heterocycles. The molecule has 1 N–H and O–H groups in total. The van der Waals surface area contributed by atoms with Crippen molar-refractivity contribution in [3.63, 3.8) is 0 Å². The summed E-state index contributed by atoms with van der Waals surface area (Å²) in [6.07, 6.45) is 3.64. The standard InChI is InChI=1S/C16H34N4O/c1-14(2)19(4)11-9-18-16(17-3)20(5)10-6-15-7-12-21-13-8-15/h14-15H,6-13H2,1-5H3,(H,17,18). The van der Waals surface area contributed by atoms with Crippen molar-refractivity contribution < 1.29 is 4.74 Å². The maximum Gasteiger partial charge on any atom is 0.193 e. The van der Waals surface area contributed by atoms with E-state index in [1.165, 1.54) is 19.3 Å². The molecular formula is C16H34N4O. The van der Waals surface area contributed by atoms with Crippen molar-refractivity contribution in [3.8, 4) is 0 Å². The molecule has 0 radical (unpaired) electrons. The Labute approximate surface area is 130 Å². The van der Waals surface area contributed by atoms with Crippen molar-refractivity contribution in [1.82, 2.24) is 15.1 Å². The first kappa shape index (κ1) is 18.2. The van der Waals surface area contributed by atoms with Gasteiger partial charge in [-0.15, -0.1) is 0 Å². The number of ether oxygens (including phenoxy) is 1. The summed E-state index contributed by atoms with van der Waals surface area (Å²) in [6.45, 7) is 9.33. The van der Waals surface area contributed by atoms with Crippen LogP contribution in [-0.4, -0.2) is 75.8 Å². The van der Waals surface area contributed by atoms with Crippen LogP contribution < -0.4 is 5.32 Å². The van der Waals surface area contributed by atoms with Gasteiger partial charge in [-0.2, -0.15) is 0 Å². The quantitative estimate of drug-likeness (QED) is 0.573. The van der Waals surface area contributed by atoms with E-state index in [4.69, 9.17) is 4.74 Å². The summed E-state index contributed by atoms with van der Waals surface area (Å²) >= 11 is 0. The van der Waals surface area contributed by atoms with Crippen molar-refractivity contribution in [2.75, 3.05) is 54.0 Å². The lowest BCUT2D eigenvalue weighted by Crippen LogP contribution is -2.43. The summed E-state index contributed by atoms with van der Waals surface area (Å²) in [5.74, 6) is 1.81. The van der Waals surface area contributed by atoms with Crippen LogP contribution in [0.3, 0.4) is 0 Å². The zero-order valence-corrected chi connectivity index (χ0v) is 14.6. The van der Waals surface area contributed by atoms with Crippen LogP contribution in [0.1, 0.15) is 33.1 Å². The van der Waals surface area contributed by atoms with Gasteiger partial charge in [-0.1, -0.05) is 0 Å². The van der Waals surface area contributed by atoms with E-state index in [-0.39, 0.29) is 0 Å². The number of rotatable bonds is 7. The molecule has 21 heavy (non-hydrogen) atoms. The predicted molar refractivity (Wildman–Crippen MR) is 89.9 cm³/mol. The highest BCUT2D eigenvalue weighted by Crippen LogP contribution is 2.18. The van der Waals surface area contributed by atoms with Gasteiger partial charge >= 0.3 is 0 Å². The monoisotopic (exact) mass is 298 g/mol. The predicted octanol–water partition coefficient (Wildman–Crippen LogP) is 1.65. The SMILES string of the molecule is CN=C(NCCN(C)C(C)C)N(C)CCC1CCOCC1. The number of guanidine groups is 1. The van der Waals surface area contributed by atoms with Crippen molar-refractivity contribution in [1.29, 1.82) is 0 Å². The molecular weight excluding hydrogens is 264 g/mol. The molecule has 5 heteroatoms. The second-order valence-electron chi connectivity index (χ2n) is 6.31. The molecule has 0 aliphatic carbocycles. The fourth-order valence-electron chi connectivity index (χ4n) is 2.50. The van der Waals surface area contributed by atoms with Crippen LogP contribution in [0.5, 0.6) is 0 Å². The molecule has 0 spiro atoms. The molecule has 1 saturated heterocycles. The zero-order chi connectivity index (χ0) is 15.7. The highest BCUT2D eigenvalue weighted by atomic mass is 16.5. The maximum absolute atomic E-state index is 5.42. The first-order valence-electron chi connectivity index (χ1n) is 8.24. The fraction of sp³-hybridized carbons (Fsp3) is 0.938. The molecule has 1 fully saturated rings. The number of likely N-dealkylation sites (N-methyl/N-ethyl adjacent to an activating group) is 1. The topological polar surface area (TPSA) is 40.1 Å². The maximum atomic E-state index is 5.42. The Hall–Kier alpha value is -0.810. The van der Waals surface area contributed by atoms with Crippen LogP contribution in [0.2, 0.25) is 0 Å². The number of hydrogen-bond acceptors (Lipinski definition) is 3. The van der Waals surface area contributed by atoms with E-state index in [1.54, 1.807) is 0 Å². The van der Waals surface area contributed by atoms with Crippen LogP contribution in [0.15, 0.2) is 4.99 Å². The van der Waals surface area contributed by atoms with Gasteiger partial charge in [0.1, 0.15) is 0 Å². The Kier molecular flexibility index (Phi) is 8.69. The van der Waals surface area contributed by atoms with E-state index in [1.807, 2.05) is 7.05 Å². The summed E-state index contributed by atoms with van der Waals surface area (Å²) in [5.41, 5.74) is 0. The molecule has 0 saturated carbocycles. The van der Waals surface area contributed by atoms with Gasteiger partial charge in [0.05, 0.1) is 0 Å². The van der Waals surface area contributed by atoms with Crippen LogP contribution in [-0.2, 0) is 4.74 Å². The molecule has 0 aromatic carbocycles. The van der Waals surface area contributed by atoms with E-state index in [0.717, 1.165) is 44.7 Å². The highest BCUT2D eigenvalue weighted by Gasteiger charge is 2.15. The summed E-state index contributed by atoms with van der Waals surface area (Å²) in [6, 6.07) is 0.583. The van der Waals surface area contributed by atoms with Gasteiger partial charge in [0, 0.05) is 53.0 Å². The smallest absolute Gasteiger partial charge is 0.193 e. The average Bonchev–Trinajstić information content (AvgIpc) is 2.50. The molecule has 0 aromatic heterocycles. The van der Waals surface area contributed by atoms with Crippen molar-refractivity contribution in [2.45, 2.75) is 39.2 Å². The Balaban J connectivity index is 2.24. The van der Waals surface area contributed by atoms with Crippen molar-refractivity contribution >= 4 is 5.96 Å². The Morgan fingerprint density at radius 3 is 2.48 bits per heavy atom. The molecule has 0 aromatic rings. The van der Waals surface area contributed by atoms with Gasteiger partial charge in [-0.3, -0.25) is 4.99 Å². The minimum absolute atomic E-state index is 0.583. The molecule has 0 atom stereocenters. The number of nitrogens with one attached hydrogen (secondary N) is 1. The van der Waals surface area contributed by atoms with Gasteiger partial charge in [0.15, 0.2) is 5.96 Å². The van der Waals surface area contributed by atoms with Crippen molar-refractivity contribution in [3.05, 3.63) is 0 Å². The first-order chi connectivity index (χ1) is 10.0. The normalized spacial score (nSPS) is 17.6. The van der Waals surface area contributed by atoms with E-state index >= 15 is 0 Å². The molecule has 5 nitrogen and oxygen atoms in total. The number of aliphatic imine (C=N–C) groups is 1. The molecule has 0 bridgehead atoms. The van der Waals surface area contributed by atoms with Gasteiger partial charge in [-0.05, 0) is 46.1 Å². The lowest BCUT2D eigenvalue weighted by molar-refractivity contribution is 0.0625. The van der Waals surface area contributed by atoms with Crippen LogP contribution in [0, 0.1) is 5.92 Å². The van der Waals surface area contributed by atoms with Gasteiger partial charge in [-0.25, -0.2) is 0 Å². The zero-order valence-electron chi connectivity index (χ0n) is 14.6. The second-order valence-corrected chi connectivity index (χ2v) is 6.31. The van der Waals surface area contributed by atoms with Gasteiger partial charge < -0.3 is 19.9 Å². The Bertz CT molecular complexity index is 301. The second kappa shape index (κ2) is 10.0. The van der Waals surface area contributed by atoms with E-state index in [0.29, 0.717) is 6.04 Å². The number of hydrogen-bond donors (Lipinski definition) is 1. The van der Waals surface area contributed by atoms with E-state index in [9.17, 15) is 0 Å². The van der Waals surface area contributed by atoms with Crippen LogP contribution in [0.4, 0.5) is 0 Å². The van der Waals surface area contributed by atoms with Gasteiger partial charge in [0.25, 0.3) is 0 Å². The average molecular weight is 298 g/mol. The molecule has 0 amide bonds. The lowest BCUT2D eigenvalue weighted by atomic mass is 9.96. The lowest BCUT2D eigenvalue weighted by Gasteiger charge is -2.27. The third-order valence-corrected chi connectivity index (χ3v) is 4.42. The largest absolute Gasteiger partial charge is 0.381 e. The van der Waals surface area contributed by atoms with Crippen LogP contribution >= 0.6 is 0 Å². The fourth-order valence-corrected chi connectivity index (χ4v) is 2.50.